The highest BCUT2D eigenvalue weighted by molar-refractivity contribution is 4.74. The van der Waals surface area contributed by atoms with E-state index < -0.39 is 0 Å². The Morgan fingerprint density at radius 1 is 1.07 bits per heavy atom. The molecule has 0 heterocycles. The minimum absolute atomic E-state index is 0.887. The van der Waals surface area contributed by atoms with Gasteiger partial charge in [-0.3, -0.25) is 0 Å². The lowest BCUT2D eigenvalue weighted by Crippen LogP contribution is -2.29. The zero-order valence-corrected chi connectivity index (χ0v) is 11.0. The van der Waals surface area contributed by atoms with Crippen LogP contribution in [0.25, 0.3) is 0 Å². The normalized spacial score (nSPS) is 18.2. The van der Waals surface area contributed by atoms with E-state index in [1.54, 1.807) is 0 Å². The molecule has 0 unspecified atom stereocenters. The Labute approximate surface area is 96.2 Å². The maximum Gasteiger partial charge on any atom is 0.00922 e. The third kappa shape index (κ3) is 5.55. The molecule has 1 aliphatic rings. The molecule has 1 heteroatoms. The van der Waals surface area contributed by atoms with E-state index in [1.807, 2.05) is 0 Å². The minimum Gasteiger partial charge on any atom is -0.303 e. The van der Waals surface area contributed by atoms with Crippen molar-refractivity contribution < 1.29 is 0 Å². The van der Waals surface area contributed by atoms with E-state index in [4.69, 9.17) is 0 Å². The van der Waals surface area contributed by atoms with Gasteiger partial charge in [-0.15, -0.1) is 0 Å². The zero-order chi connectivity index (χ0) is 11.1. The number of rotatable bonds is 7. The van der Waals surface area contributed by atoms with Crippen molar-refractivity contribution in [2.24, 2.45) is 5.92 Å². The third-order valence-electron chi connectivity index (χ3n) is 3.74. The molecule has 1 rings (SSSR count). The van der Waals surface area contributed by atoms with Crippen molar-refractivity contribution >= 4 is 0 Å². The van der Waals surface area contributed by atoms with Crippen LogP contribution in [0.5, 0.6) is 0 Å². The van der Waals surface area contributed by atoms with Gasteiger partial charge in [0.05, 0.1) is 0 Å². The summed E-state index contributed by atoms with van der Waals surface area (Å²) in [7, 11) is 2.32. The summed E-state index contributed by atoms with van der Waals surface area (Å²) in [5, 5.41) is 0. The Hall–Kier alpha value is -0.0400. The van der Waals surface area contributed by atoms with E-state index in [0.29, 0.717) is 0 Å². The Morgan fingerprint density at radius 3 is 2.33 bits per heavy atom. The van der Waals surface area contributed by atoms with Gasteiger partial charge in [-0.05, 0) is 38.8 Å². The summed E-state index contributed by atoms with van der Waals surface area (Å²) < 4.78 is 0. The van der Waals surface area contributed by atoms with Gasteiger partial charge in [-0.2, -0.15) is 0 Å². The lowest BCUT2D eigenvalue weighted by molar-refractivity contribution is 0.239. The molecule has 0 aromatic rings. The molecule has 0 aromatic carbocycles. The van der Waals surface area contributed by atoms with Gasteiger partial charge >= 0.3 is 0 Å². The Bertz CT molecular complexity index is 147. The Balaban J connectivity index is 1.94. The topological polar surface area (TPSA) is 3.24 Å². The summed E-state index contributed by atoms with van der Waals surface area (Å²) in [6, 6.07) is 0.912. The van der Waals surface area contributed by atoms with Crippen molar-refractivity contribution in [1.82, 2.24) is 4.90 Å². The van der Waals surface area contributed by atoms with Crippen LogP contribution in [0.2, 0.25) is 0 Å². The van der Waals surface area contributed by atoms with Crippen LogP contribution in [0.4, 0.5) is 0 Å². The van der Waals surface area contributed by atoms with Gasteiger partial charge in [-0.1, -0.05) is 46.0 Å². The van der Waals surface area contributed by atoms with Crippen molar-refractivity contribution in [2.75, 3.05) is 13.6 Å². The van der Waals surface area contributed by atoms with Gasteiger partial charge in [-0.25, -0.2) is 0 Å². The van der Waals surface area contributed by atoms with Crippen LogP contribution in [-0.4, -0.2) is 24.5 Å². The first-order valence-electron chi connectivity index (χ1n) is 6.90. The molecule has 90 valence electrons. The van der Waals surface area contributed by atoms with E-state index >= 15 is 0 Å². The van der Waals surface area contributed by atoms with Crippen LogP contribution in [0.1, 0.15) is 65.2 Å². The minimum atomic E-state index is 0.887. The second kappa shape index (κ2) is 7.27. The Morgan fingerprint density at radius 2 is 1.73 bits per heavy atom. The van der Waals surface area contributed by atoms with Crippen LogP contribution < -0.4 is 0 Å². The summed E-state index contributed by atoms with van der Waals surface area (Å²) in [6.45, 7) is 5.97. The largest absolute Gasteiger partial charge is 0.303 e. The lowest BCUT2D eigenvalue weighted by Gasteiger charge is -2.23. The molecule has 0 atom stereocenters. The molecule has 1 aliphatic carbocycles. The maximum absolute atomic E-state index is 2.60. The van der Waals surface area contributed by atoms with Gasteiger partial charge in [0.15, 0.2) is 0 Å². The smallest absolute Gasteiger partial charge is 0.00922 e. The fraction of sp³-hybridized carbons (Fsp3) is 1.00. The molecule has 1 fully saturated rings. The highest BCUT2D eigenvalue weighted by Gasteiger charge is 2.18. The van der Waals surface area contributed by atoms with Crippen LogP contribution in [0.15, 0.2) is 0 Å². The third-order valence-corrected chi connectivity index (χ3v) is 3.74. The molecule has 0 saturated heterocycles. The fourth-order valence-electron chi connectivity index (χ4n) is 2.62. The van der Waals surface area contributed by atoms with Crippen molar-refractivity contribution in [1.29, 1.82) is 0 Å². The summed E-state index contributed by atoms with van der Waals surface area (Å²) in [5.74, 6) is 0.887. The predicted molar refractivity (Wildman–Crippen MR) is 68.2 cm³/mol. The summed E-state index contributed by atoms with van der Waals surface area (Å²) in [6.07, 6.45) is 11.5. The summed E-state index contributed by atoms with van der Waals surface area (Å²) in [4.78, 5) is 2.60. The number of unbranched alkanes of at least 4 members (excludes halogenated alkanes) is 2. The predicted octanol–water partition coefficient (Wildman–Crippen LogP) is 4.08. The molecule has 0 N–H and O–H groups in total. The van der Waals surface area contributed by atoms with E-state index in [2.05, 4.69) is 25.8 Å². The van der Waals surface area contributed by atoms with Crippen molar-refractivity contribution in [2.45, 2.75) is 71.3 Å². The molecule has 1 saturated carbocycles. The molecule has 1 nitrogen and oxygen atoms in total. The van der Waals surface area contributed by atoms with E-state index in [0.717, 1.165) is 12.0 Å². The molecule has 15 heavy (non-hydrogen) atoms. The van der Waals surface area contributed by atoms with E-state index in [-0.39, 0.29) is 0 Å². The average molecular weight is 211 g/mol. The standard InChI is InChI=1S/C14H29N/c1-13(2)9-5-4-8-12-15(3)14-10-6-7-11-14/h13-14H,4-12H2,1-3H3. The molecule has 0 aliphatic heterocycles. The first-order chi connectivity index (χ1) is 7.20. The van der Waals surface area contributed by atoms with E-state index in [9.17, 15) is 0 Å². The molecular weight excluding hydrogens is 182 g/mol. The van der Waals surface area contributed by atoms with Crippen LogP contribution in [0, 0.1) is 5.92 Å². The lowest BCUT2D eigenvalue weighted by atomic mass is 10.1. The van der Waals surface area contributed by atoms with E-state index in [1.165, 1.54) is 57.9 Å². The van der Waals surface area contributed by atoms with Crippen LogP contribution in [-0.2, 0) is 0 Å². The quantitative estimate of drug-likeness (QED) is 0.574. The van der Waals surface area contributed by atoms with Crippen LogP contribution >= 0.6 is 0 Å². The monoisotopic (exact) mass is 211 g/mol. The summed E-state index contributed by atoms with van der Waals surface area (Å²) >= 11 is 0. The first-order valence-corrected chi connectivity index (χ1v) is 6.90. The maximum atomic E-state index is 2.60. The second-order valence-corrected chi connectivity index (χ2v) is 5.66. The van der Waals surface area contributed by atoms with Gasteiger partial charge in [0, 0.05) is 6.04 Å². The molecule has 0 spiro atoms. The molecule has 0 radical (unpaired) electrons. The molecule has 0 amide bonds. The Kier molecular flexibility index (Phi) is 6.31. The van der Waals surface area contributed by atoms with Crippen molar-refractivity contribution in [3.8, 4) is 0 Å². The van der Waals surface area contributed by atoms with Crippen molar-refractivity contribution in [3.63, 3.8) is 0 Å². The van der Waals surface area contributed by atoms with Gasteiger partial charge < -0.3 is 4.90 Å². The zero-order valence-electron chi connectivity index (χ0n) is 11.0. The van der Waals surface area contributed by atoms with Crippen molar-refractivity contribution in [3.05, 3.63) is 0 Å². The molecule has 0 bridgehead atoms. The highest BCUT2D eigenvalue weighted by Crippen LogP contribution is 2.22. The number of hydrogen-bond donors (Lipinski definition) is 0. The fourth-order valence-corrected chi connectivity index (χ4v) is 2.62. The molecule has 0 aromatic heterocycles. The van der Waals surface area contributed by atoms with Gasteiger partial charge in [0.2, 0.25) is 0 Å². The van der Waals surface area contributed by atoms with Crippen LogP contribution in [0.3, 0.4) is 0 Å². The number of nitrogens with zero attached hydrogens (tertiary/aromatic N) is 1. The second-order valence-electron chi connectivity index (χ2n) is 5.66. The number of hydrogen-bond acceptors (Lipinski definition) is 1. The van der Waals surface area contributed by atoms with Gasteiger partial charge in [0.1, 0.15) is 0 Å². The molecular formula is C14H29N. The average Bonchev–Trinajstić information content (AvgIpc) is 2.69. The SMILES string of the molecule is CC(C)CCCCCN(C)C1CCCC1. The first kappa shape index (κ1) is 13.0. The van der Waals surface area contributed by atoms with Gasteiger partial charge in [0.25, 0.3) is 0 Å². The summed E-state index contributed by atoms with van der Waals surface area (Å²) in [5.41, 5.74) is 0. The highest BCUT2D eigenvalue weighted by atomic mass is 15.1.